The van der Waals surface area contributed by atoms with Crippen molar-refractivity contribution in [1.29, 1.82) is 5.26 Å². The van der Waals surface area contributed by atoms with Crippen molar-refractivity contribution in [2.45, 2.75) is 45.1 Å². The van der Waals surface area contributed by atoms with E-state index in [1.165, 1.54) is 38.5 Å². The van der Waals surface area contributed by atoms with Gasteiger partial charge in [-0.15, -0.1) is 0 Å². The van der Waals surface area contributed by atoms with E-state index in [2.05, 4.69) is 20.6 Å². The minimum absolute atomic E-state index is 0.0656. The molecule has 1 aromatic carbocycles. The normalized spacial score (nSPS) is 29.0. The predicted octanol–water partition coefficient (Wildman–Crippen LogP) is 5.07. The third-order valence-corrected chi connectivity index (χ3v) is 7.41. The summed E-state index contributed by atoms with van der Waals surface area (Å²) in [7, 11) is 0. The van der Waals surface area contributed by atoms with Gasteiger partial charge in [-0.1, -0.05) is 0 Å². The molecule has 0 N–H and O–H groups in total. The summed E-state index contributed by atoms with van der Waals surface area (Å²) < 4.78 is 40.9. The number of rotatable bonds is 3. The third kappa shape index (κ3) is 4.24. The molecule has 4 aliphatic carbocycles. The molecule has 4 saturated carbocycles. The number of nitriles is 1. The molecule has 8 heteroatoms. The zero-order valence-corrected chi connectivity index (χ0v) is 18.0. The van der Waals surface area contributed by atoms with Crippen LogP contribution < -0.4 is 0 Å². The van der Waals surface area contributed by atoms with Crippen LogP contribution in [0.5, 0.6) is 0 Å². The molecule has 5 aliphatic rings. The summed E-state index contributed by atoms with van der Waals surface area (Å²) in [5.74, 6) is -1.03. The average Bonchev–Trinajstić information content (AvgIpc) is 3.38. The molecule has 5 nitrogen and oxygen atoms in total. The van der Waals surface area contributed by atoms with Crippen molar-refractivity contribution in [1.82, 2.24) is 9.55 Å². The number of imidazole rings is 1. The number of nitrogens with zero attached hydrogens (tertiary/aromatic N) is 4. The summed E-state index contributed by atoms with van der Waals surface area (Å²) in [6.07, 6.45) is 14.2. The van der Waals surface area contributed by atoms with E-state index < -0.39 is 23.4 Å². The highest BCUT2D eigenvalue weighted by Crippen LogP contribution is 2.60. The summed E-state index contributed by atoms with van der Waals surface area (Å²) >= 11 is 0. The van der Waals surface area contributed by atoms with E-state index in [1.807, 2.05) is 6.33 Å². The van der Waals surface area contributed by atoms with E-state index in [-0.39, 0.29) is 11.1 Å². The van der Waals surface area contributed by atoms with Gasteiger partial charge in [0.05, 0.1) is 12.5 Å². The molecule has 33 heavy (non-hydrogen) atoms. The minimum atomic E-state index is -1.29. The first-order valence-electron chi connectivity index (χ1n) is 11.2. The maximum absolute atomic E-state index is 13.2. The zero-order valence-electron chi connectivity index (χ0n) is 18.0. The lowest BCUT2D eigenvalue weighted by Gasteiger charge is -2.57. The topological polar surface area (TPSA) is 71.0 Å². The Kier molecular flexibility index (Phi) is 5.43. The van der Waals surface area contributed by atoms with Gasteiger partial charge >= 0.3 is 0 Å². The molecule has 0 spiro atoms. The van der Waals surface area contributed by atoms with E-state index in [0.29, 0.717) is 11.5 Å². The summed E-state index contributed by atoms with van der Waals surface area (Å²) in [6.45, 7) is 1.03. The number of hydrogen-bond acceptors (Lipinski definition) is 3. The van der Waals surface area contributed by atoms with E-state index in [1.54, 1.807) is 6.20 Å². The van der Waals surface area contributed by atoms with Crippen LogP contribution in [-0.4, -0.2) is 21.7 Å². The Hall–Kier alpha value is -3.21. The fourth-order valence-corrected chi connectivity index (χ4v) is 6.64. The number of allylic oxidation sites excluding steroid dienone is 1. The van der Waals surface area contributed by atoms with Crippen LogP contribution in [0.25, 0.3) is 5.57 Å². The molecule has 0 atom stereocenters. The number of aromatic nitrogens is 2. The Morgan fingerprint density at radius 2 is 1.76 bits per heavy atom. The first-order chi connectivity index (χ1) is 15.8. The molecule has 0 radical (unpaired) electrons. The predicted molar refractivity (Wildman–Crippen MR) is 115 cm³/mol. The molecule has 4 fully saturated rings. The van der Waals surface area contributed by atoms with Crippen molar-refractivity contribution in [3.8, 4) is 6.07 Å². The highest BCUT2D eigenvalue weighted by atomic mass is 19.2. The minimum Gasteiger partial charge on any atom is -0.322 e. The van der Waals surface area contributed by atoms with Crippen LogP contribution in [0.2, 0.25) is 0 Å². The van der Waals surface area contributed by atoms with E-state index in [9.17, 15) is 18.0 Å². The molecular weight excluding hydrogens is 429 g/mol. The second-order valence-electron chi connectivity index (χ2n) is 9.88. The number of carbonyl (C=O) groups is 1. The van der Waals surface area contributed by atoms with Crippen LogP contribution >= 0.6 is 0 Å². The Balaban J connectivity index is 0.000000141. The van der Waals surface area contributed by atoms with Gasteiger partial charge in [0.1, 0.15) is 17.6 Å². The molecule has 170 valence electrons. The average molecular weight is 452 g/mol. The monoisotopic (exact) mass is 452 g/mol. The Bertz CT molecular complexity index is 1170. The zero-order chi connectivity index (χ0) is 23.2. The second-order valence-corrected chi connectivity index (χ2v) is 9.88. The lowest BCUT2D eigenvalue weighted by molar-refractivity contribution is -0.113. The Morgan fingerprint density at radius 1 is 1.09 bits per heavy atom. The van der Waals surface area contributed by atoms with Crippen LogP contribution in [0.15, 0.2) is 35.7 Å². The van der Waals surface area contributed by atoms with E-state index >= 15 is 0 Å². The smallest absolute Gasteiger partial charge is 0.270 e. The first-order valence-corrected chi connectivity index (χ1v) is 11.2. The SMILES string of the molecule is N#Cc1cncn1CC12CC3CC(CC(C3)C1)C2.O=C1C=C(c2cc(F)cc(F)c2F)C=N1. The molecule has 2 heterocycles. The van der Waals surface area contributed by atoms with Crippen LogP contribution in [0.3, 0.4) is 0 Å². The van der Waals surface area contributed by atoms with Crippen LogP contribution in [0.4, 0.5) is 13.2 Å². The number of halogens is 3. The van der Waals surface area contributed by atoms with Gasteiger partial charge in [0, 0.05) is 36.0 Å². The van der Waals surface area contributed by atoms with Gasteiger partial charge in [-0.25, -0.2) is 23.1 Å². The van der Waals surface area contributed by atoms with Crippen molar-refractivity contribution in [2.24, 2.45) is 28.2 Å². The number of amides is 1. The molecular formula is C25H23F3N4O. The van der Waals surface area contributed by atoms with Crippen molar-refractivity contribution in [3.05, 3.63) is 59.4 Å². The van der Waals surface area contributed by atoms with Crippen molar-refractivity contribution in [3.63, 3.8) is 0 Å². The molecule has 4 bridgehead atoms. The van der Waals surface area contributed by atoms with Crippen molar-refractivity contribution < 1.29 is 18.0 Å². The lowest BCUT2D eigenvalue weighted by atomic mass is 9.49. The quantitative estimate of drug-likeness (QED) is 0.611. The third-order valence-electron chi connectivity index (χ3n) is 7.41. The number of aliphatic imine (C=N–C) groups is 1. The standard InChI is InChI=1S/C15H19N3.C10H4F3NO/c16-7-14-8-17-10-18(14)9-15-4-11-1-12(5-15)3-13(2-11)6-15;11-6-2-7(10(13)8(12)3-6)5-1-9(15)14-4-5/h8,10-13H,1-6,9H2;1-4H. The van der Waals surface area contributed by atoms with Crippen molar-refractivity contribution >= 4 is 17.7 Å². The fraction of sp³-hybridized carbons (Fsp3) is 0.440. The molecule has 1 aliphatic heterocycles. The van der Waals surface area contributed by atoms with Gasteiger partial charge in [-0.3, -0.25) is 4.79 Å². The van der Waals surface area contributed by atoms with Gasteiger partial charge in [-0.2, -0.15) is 5.26 Å². The summed E-state index contributed by atoms with van der Waals surface area (Å²) in [5.41, 5.74) is 0.977. The maximum atomic E-state index is 13.2. The molecule has 2 aromatic rings. The summed E-state index contributed by atoms with van der Waals surface area (Å²) in [4.78, 5) is 18.2. The van der Waals surface area contributed by atoms with Crippen molar-refractivity contribution in [2.75, 3.05) is 0 Å². The second kappa shape index (κ2) is 8.29. The highest BCUT2D eigenvalue weighted by Gasteiger charge is 2.50. The van der Waals surface area contributed by atoms with Gasteiger partial charge in [0.25, 0.3) is 5.91 Å². The van der Waals surface area contributed by atoms with Gasteiger partial charge in [0.2, 0.25) is 0 Å². The summed E-state index contributed by atoms with van der Waals surface area (Å²) in [6, 6.07) is 3.51. The Labute approximate surface area is 189 Å². The first kappa shape index (κ1) is 21.6. The molecule has 1 aromatic heterocycles. The van der Waals surface area contributed by atoms with E-state index in [0.717, 1.165) is 48.3 Å². The highest BCUT2D eigenvalue weighted by molar-refractivity contribution is 6.24. The summed E-state index contributed by atoms with van der Waals surface area (Å²) in [5, 5.41) is 9.11. The molecule has 1 amide bonds. The van der Waals surface area contributed by atoms with Crippen LogP contribution in [0.1, 0.15) is 49.8 Å². The largest absolute Gasteiger partial charge is 0.322 e. The number of carbonyl (C=O) groups excluding carboxylic acids is 1. The lowest BCUT2D eigenvalue weighted by Crippen LogP contribution is -2.47. The molecule has 0 saturated heterocycles. The molecule has 7 rings (SSSR count). The molecule has 0 unspecified atom stereocenters. The van der Waals surface area contributed by atoms with Crippen LogP contribution in [0, 0.1) is 52.0 Å². The van der Waals surface area contributed by atoms with Gasteiger partial charge < -0.3 is 4.57 Å². The number of benzene rings is 1. The maximum Gasteiger partial charge on any atom is 0.270 e. The van der Waals surface area contributed by atoms with Gasteiger partial charge in [-0.05, 0) is 67.8 Å². The Morgan fingerprint density at radius 3 is 2.33 bits per heavy atom. The van der Waals surface area contributed by atoms with E-state index in [4.69, 9.17) is 5.26 Å². The van der Waals surface area contributed by atoms with Gasteiger partial charge in [0.15, 0.2) is 11.6 Å². The van der Waals surface area contributed by atoms with Crippen LogP contribution in [-0.2, 0) is 11.3 Å². The number of hydrogen-bond donors (Lipinski definition) is 0. The fourth-order valence-electron chi connectivity index (χ4n) is 6.64.